The van der Waals surface area contributed by atoms with Crippen molar-refractivity contribution in [1.82, 2.24) is 4.72 Å². The first kappa shape index (κ1) is 13.4. The molecule has 1 fully saturated rings. The van der Waals surface area contributed by atoms with Crippen LogP contribution >= 0.6 is 0 Å². The Morgan fingerprint density at radius 1 is 1.44 bits per heavy atom. The first-order chi connectivity index (χ1) is 7.43. The van der Waals surface area contributed by atoms with E-state index in [0.29, 0.717) is 13.0 Å². The lowest BCUT2D eigenvalue weighted by Crippen LogP contribution is -2.43. The predicted octanol–water partition coefficient (Wildman–Crippen LogP) is 0.361. The third-order valence-electron chi connectivity index (χ3n) is 3.12. The number of nitrogens with two attached hydrogens (primary N) is 1. The highest BCUT2D eigenvalue weighted by molar-refractivity contribution is 7.90. The standard InChI is InChI=1S/C10H20N2O3S/c1-2-6-16(14,15)12-9(13)7-10(8-11)4-3-5-10/h2-8,11H2,1H3,(H,12,13). The quantitative estimate of drug-likeness (QED) is 0.710. The van der Waals surface area contributed by atoms with E-state index in [4.69, 9.17) is 5.73 Å². The highest BCUT2D eigenvalue weighted by Gasteiger charge is 2.38. The molecule has 94 valence electrons. The third-order valence-corrected chi connectivity index (χ3v) is 4.61. The molecular weight excluding hydrogens is 228 g/mol. The van der Waals surface area contributed by atoms with E-state index in [-0.39, 0.29) is 17.6 Å². The fourth-order valence-corrected chi connectivity index (χ4v) is 3.06. The molecule has 0 unspecified atom stereocenters. The number of rotatable bonds is 6. The molecule has 1 aliphatic rings. The summed E-state index contributed by atoms with van der Waals surface area (Å²) in [5.41, 5.74) is 5.46. The smallest absolute Gasteiger partial charge is 0.234 e. The van der Waals surface area contributed by atoms with Gasteiger partial charge in [0.25, 0.3) is 0 Å². The van der Waals surface area contributed by atoms with Gasteiger partial charge in [-0.15, -0.1) is 0 Å². The van der Waals surface area contributed by atoms with Crippen molar-refractivity contribution in [2.45, 2.75) is 39.0 Å². The van der Waals surface area contributed by atoms with Crippen molar-refractivity contribution in [2.75, 3.05) is 12.3 Å². The average Bonchev–Trinajstić information content (AvgIpc) is 2.10. The maximum absolute atomic E-state index is 11.6. The summed E-state index contributed by atoms with van der Waals surface area (Å²) in [6, 6.07) is 0. The molecule has 0 bridgehead atoms. The van der Waals surface area contributed by atoms with Crippen molar-refractivity contribution in [2.24, 2.45) is 11.1 Å². The van der Waals surface area contributed by atoms with Gasteiger partial charge in [0.1, 0.15) is 0 Å². The van der Waals surface area contributed by atoms with Gasteiger partial charge in [0.15, 0.2) is 0 Å². The zero-order chi connectivity index (χ0) is 12.2. The van der Waals surface area contributed by atoms with Gasteiger partial charge in [-0.25, -0.2) is 8.42 Å². The second kappa shape index (κ2) is 5.14. The van der Waals surface area contributed by atoms with Crippen LogP contribution in [0, 0.1) is 5.41 Å². The maximum Gasteiger partial charge on any atom is 0.234 e. The lowest BCUT2D eigenvalue weighted by atomic mass is 9.66. The van der Waals surface area contributed by atoms with Crippen LogP contribution in [-0.2, 0) is 14.8 Å². The lowest BCUT2D eigenvalue weighted by molar-refractivity contribution is -0.122. The van der Waals surface area contributed by atoms with Crippen LogP contribution in [0.5, 0.6) is 0 Å². The van der Waals surface area contributed by atoms with Crippen LogP contribution < -0.4 is 10.5 Å². The van der Waals surface area contributed by atoms with Crippen molar-refractivity contribution in [3.8, 4) is 0 Å². The van der Waals surface area contributed by atoms with Gasteiger partial charge in [-0.3, -0.25) is 9.52 Å². The van der Waals surface area contributed by atoms with Crippen LogP contribution in [0.15, 0.2) is 0 Å². The van der Waals surface area contributed by atoms with Crippen molar-refractivity contribution in [3.63, 3.8) is 0 Å². The summed E-state index contributed by atoms with van der Waals surface area (Å²) < 4.78 is 24.8. The van der Waals surface area contributed by atoms with E-state index < -0.39 is 15.9 Å². The Balaban J connectivity index is 2.47. The Bertz CT molecular complexity index is 342. The molecule has 0 spiro atoms. The molecular formula is C10H20N2O3S. The molecule has 1 aliphatic carbocycles. The van der Waals surface area contributed by atoms with E-state index in [0.717, 1.165) is 19.3 Å². The van der Waals surface area contributed by atoms with Gasteiger partial charge in [0.2, 0.25) is 15.9 Å². The Labute approximate surface area is 96.8 Å². The Morgan fingerprint density at radius 3 is 2.44 bits per heavy atom. The Morgan fingerprint density at radius 2 is 2.06 bits per heavy atom. The highest BCUT2D eigenvalue weighted by Crippen LogP contribution is 2.42. The predicted molar refractivity (Wildman–Crippen MR) is 62.2 cm³/mol. The molecule has 0 radical (unpaired) electrons. The topological polar surface area (TPSA) is 89.3 Å². The number of hydrogen-bond donors (Lipinski definition) is 2. The minimum Gasteiger partial charge on any atom is -0.330 e. The fourth-order valence-electron chi connectivity index (χ4n) is 2.00. The summed E-state index contributed by atoms with van der Waals surface area (Å²) in [7, 11) is -3.44. The normalized spacial score (nSPS) is 18.9. The van der Waals surface area contributed by atoms with Gasteiger partial charge in [-0.05, 0) is 31.2 Å². The van der Waals surface area contributed by atoms with E-state index in [1.807, 2.05) is 0 Å². The van der Waals surface area contributed by atoms with Crippen LogP contribution in [-0.4, -0.2) is 26.6 Å². The van der Waals surface area contributed by atoms with E-state index >= 15 is 0 Å². The number of carbonyl (C=O) groups is 1. The van der Waals surface area contributed by atoms with Crippen LogP contribution in [0.25, 0.3) is 0 Å². The molecule has 5 nitrogen and oxygen atoms in total. The maximum atomic E-state index is 11.6. The molecule has 0 aromatic carbocycles. The molecule has 1 rings (SSSR count). The zero-order valence-electron chi connectivity index (χ0n) is 9.66. The fraction of sp³-hybridized carbons (Fsp3) is 0.900. The van der Waals surface area contributed by atoms with Gasteiger partial charge >= 0.3 is 0 Å². The zero-order valence-corrected chi connectivity index (χ0v) is 10.5. The van der Waals surface area contributed by atoms with Gasteiger partial charge in [0, 0.05) is 6.42 Å². The van der Waals surface area contributed by atoms with Crippen LogP contribution in [0.4, 0.5) is 0 Å². The molecule has 16 heavy (non-hydrogen) atoms. The Hall–Kier alpha value is -0.620. The second-order valence-electron chi connectivity index (χ2n) is 4.58. The SMILES string of the molecule is CCCS(=O)(=O)NC(=O)CC1(CN)CCC1. The average molecular weight is 248 g/mol. The number of nitrogens with one attached hydrogen (secondary N) is 1. The van der Waals surface area contributed by atoms with Crippen LogP contribution in [0.1, 0.15) is 39.0 Å². The summed E-state index contributed by atoms with van der Waals surface area (Å²) in [5, 5.41) is 0. The van der Waals surface area contributed by atoms with Gasteiger partial charge in [0.05, 0.1) is 5.75 Å². The van der Waals surface area contributed by atoms with Crippen molar-refractivity contribution in [1.29, 1.82) is 0 Å². The Kier molecular flexibility index (Phi) is 4.32. The lowest BCUT2D eigenvalue weighted by Gasteiger charge is -2.40. The molecule has 3 N–H and O–H groups in total. The molecule has 1 amide bonds. The second-order valence-corrected chi connectivity index (χ2v) is 6.42. The molecule has 0 atom stereocenters. The van der Waals surface area contributed by atoms with E-state index in [2.05, 4.69) is 4.72 Å². The summed E-state index contributed by atoms with van der Waals surface area (Å²) in [4.78, 5) is 11.6. The van der Waals surface area contributed by atoms with Crippen LogP contribution in [0.3, 0.4) is 0 Å². The number of amides is 1. The molecule has 0 aromatic heterocycles. The third kappa shape index (κ3) is 3.45. The summed E-state index contributed by atoms with van der Waals surface area (Å²) in [6.45, 7) is 2.21. The minimum absolute atomic E-state index is 0.00559. The van der Waals surface area contributed by atoms with Gasteiger partial charge in [-0.1, -0.05) is 13.3 Å². The van der Waals surface area contributed by atoms with E-state index in [1.165, 1.54) is 0 Å². The summed E-state index contributed by atoms with van der Waals surface area (Å²) >= 11 is 0. The van der Waals surface area contributed by atoms with Crippen molar-refractivity contribution in [3.05, 3.63) is 0 Å². The van der Waals surface area contributed by atoms with Crippen LogP contribution in [0.2, 0.25) is 0 Å². The van der Waals surface area contributed by atoms with Crippen molar-refractivity contribution >= 4 is 15.9 Å². The van der Waals surface area contributed by atoms with Crippen molar-refractivity contribution < 1.29 is 13.2 Å². The summed E-state index contributed by atoms with van der Waals surface area (Å²) in [5.74, 6) is -0.424. The summed E-state index contributed by atoms with van der Waals surface area (Å²) in [6.07, 6.45) is 3.65. The first-order valence-corrected chi connectivity index (χ1v) is 7.32. The molecule has 0 heterocycles. The largest absolute Gasteiger partial charge is 0.330 e. The highest BCUT2D eigenvalue weighted by atomic mass is 32.2. The molecule has 0 saturated heterocycles. The molecule has 0 aromatic rings. The minimum atomic E-state index is -3.44. The molecule has 1 saturated carbocycles. The monoisotopic (exact) mass is 248 g/mol. The number of sulfonamides is 1. The van der Waals surface area contributed by atoms with E-state index in [1.54, 1.807) is 6.92 Å². The first-order valence-electron chi connectivity index (χ1n) is 5.66. The molecule has 0 aliphatic heterocycles. The van der Waals surface area contributed by atoms with E-state index in [9.17, 15) is 13.2 Å². The van der Waals surface area contributed by atoms with Gasteiger partial charge < -0.3 is 5.73 Å². The number of carbonyl (C=O) groups excluding carboxylic acids is 1. The van der Waals surface area contributed by atoms with Gasteiger partial charge in [-0.2, -0.15) is 0 Å². The number of hydrogen-bond acceptors (Lipinski definition) is 4. The molecule has 6 heteroatoms.